The molecule has 1 atom stereocenters. The number of likely N-dealkylation sites (tertiary alicyclic amines) is 1. The molecule has 1 aliphatic rings. The molecule has 3 heterocycles. The van der Waals surface area contributed by atoms with E-state index in [1.54, 1.807) is 40.2 Å². The van der Waals surface area contributed by atoms with E-state index in [1.807, 2.05) is 12.1 Å². The molecule has 116 valence electrons. The van der Waals surface area contributed by atoms with Gasteiger partial charge in [0.1, 0.15) is 11.1 Å². The molecule has 0 radical (unpaired) electrons. The predicted octanol–water partition coefficient (Wildman–Crippen LogP) is 1.47. The lowest BCUT2D eigenvalue weighted by molar-refractivity contribution is 0.0783. The van der Waals surface area contributed by atoms with Crippen LogP contribution in [0.15, 0.2) is 51.9 Å². The minimum Gasteiger partial charge on any atom is -0.422 e. The fraction of sp³-hybridized carbons (Fsp3) is 0.250. The third-order valence-electron chi connectivity index (χ3n) is 4.14. The minimum atomic E-state index is -0.599. The van der Waals surface area contributed by atoms with Gasteiger partial charge in [-0.05, 0) is 18.6 Å². The van der Waals surface area contributed by atoms with E-state index in [0.717, 1.165) is 11.8 Å². The molecule has 3 aromatic rings. The van der Waals surface area contributed by atoms with Gasteiger partial charge in [-0.3, -0.25) is 4.79 Å². The van der Waals surface area contributed by atoms with E-state index < -0.39 is 5.63 Å². The molecule has 0 aliphatic carbocycles. The maximum Gasteiger partial charge on any atom is 0.349 e. The topological polar surface area (TPSA) is 81.2 Å². The van der Waals surface area contributed by atoms with Crippen LogP contribution in [0.1, 0.15) is 22.8 Å². The first-order chi connectivity index (χ1) is 11.2. The van der Waals surface area contributed by atoms with E-state index in [9.17, 15) is 9.59 Å². The van der Waals surface area contributed by atoms with Crippen molar-refractivity contribution in [2.45, 2.75) is 12.5 Å². The Bertz CT molecular complexity index is 916. The lowest BCUT2D eigenvalue weighted by Gasteiger charge is -2.16. The average Bonchev–Trinajstić information content (AvgIpc) is 3.24. The van der Waals surface area contributed by atoms with Crippen LogP contribution in [0.2, 0.25) is 0 Å². The first-order valence-electron chi connectivity index (χ1n) is 7.40. The summed E-state index contributed by atoms with van der Waals surface area (Å²) < 4.78 is 6.99. The lowest BCUT2D eigenvalue weighted by Crippen LogP contribution is -2.32. The van der Waals surface area contributed by atoms with Crippen molar-refractivity contribution >= 4 is 16.9 Å². The second-order valence-corrected chi connectivity index (χ2v) is 5.56. The molecule has 1 saturated heterocycles. The van der Waals surface area contributed by atoms with Crippen molar-refractivity contribution in [3.8, 4) is 0 Å². The number of carbonyl (C=O) groups is 1. The lowest BCUT2D eigenvalue weighted by atomic mass is 10.1. The van der Waals surface area contributed by atoms with Gasteiger partial charge in [-0.1, -0.05) is 23.4 Å². The van der Waals surface area contributed by atoms with Crippen LogP contribution < -0.4 is 5.63 Å². The van der Waals surface area contributed by atoms with Gasteiger partial charge in [0.05, 0.1) is 12.2 Å². The molecule has 0 saturated carbocycles. The molecule has 7 heteroatoms. The number of amides is 1. The Morgan fingerprint density at radius 2 is 2.17 bits per heavy atom. The maximum atomic E-state index is 12.6. The van der Waals surface area contributed by atoms with Gasteiger partial charge in [0.2, 0.25) is 0 Å². The summed E-state index contributed by atoms with van der Waals surface area (Å²) in [6.07, 6.45) is 4.18. The number of fused-ring (bicyclic) bond motifs is 1. The maximum absolute atomic E-state index is 12.6. The number of para-hydroxylation sites is 1. The summed E-state index contributed by atoms with van der Waals surface area (Å²) in [6.45, 7) is 1.09. The van der Waals surface area contributed by atoms with Crippen LogP contribution in [0.4, 0.5) is 0 Å². The monoisotopic (exact) mass is 310 g/mol. The van der Waals surface area contributed by atoms with Gasteiger partial charge in [-0.2, -0.15) is 0 Å². The molecular weight excluding hydrogens is 296 g/mol. The van der Waals surface area contributed by atoms with Crippen LogP contribution in [0.5, 0.6) is 0 Å². The highest BCUT2D eigenvalue weighted by Crippen LogP contribution is 2.22. The zero-order chi connectivity index (χ0) is 15.8. The summed E-state index contributed by atoms with van der Waals surface area (Å²) in [5, 5.41) is 8.50. The summed E-state index contributed by atoms with van der Waals surface area (Å²) in [4.78, 5) is 26.4. The molecule has 1 amide bonds. The van der Waals surface area contributed by atoms with Crippen molar-refractivity contribution in [3.05, 3.63) is 58.7 Å². The normalized spacial score (nSPS) is 17.7. The van der Waals surface area contributed by atoms with Crippen LogP contribution >= 0.6 is 0 Å². The molecule has 0 bridgehead atoms. The van der Waals surface area contributed by atoms with Gasteiger partial charge >= 0.3 is 5.63 Å². The molecule has 0 N–H and O–H groups in total. The third kappa shape index (κ3) is 2.40. The van der Waals surface area contributed by atoms with Crippen molar-refractivity contribution in [2.75, 3.05) is 13.1 Å². The van der Waals surface area contributed by atoms with Crippen LogP contribution in [-0.2, 0) is 0 Å². The van der Waals surface area contributed by atoms with Crippen LogP contribution in [0.3, 0.4) is 0 Å². The summed E-state index contributed by atoms with van der Waals surface area (Å²) in [7, 11) is 0. The molecule has 4 rings (SSSR count). The molecule has 23 heavy (non-hydrogen) atoms. The van der Waals surface area contributed by atoms with Gasteiger partial charge in [0.15, 0.2) is 0 Å². The fourth-order valence-corrected chi connectivity index (χ4v) is 2.94. The molecular formula is C16H14N4O3. The van der Waals surface area contributed by atoms with E-state index in [2.05, 4.69) is 10.3 Å². The number of rotatable bonds is 2. The van der Waals surface area contributed by atoms with Crippen LogP contribution in [0, 0.1) is 0 Å². The number of aromatic nitrogens is 3. The van der Waals surface area contributed by atoms with Crippen LogP contribution in [-0.4, -0.2) is 38.9 Å². The highest BCUT2D eigenvalue weighted by atomic mass is 16.4. The van der Waals surface area contributed by atoms with Gasteiger partial charge in [-0.25, -0.2) is 9.48 Å². The molecule has 7 nitrogen and oxygen atoms in total. The van der Waals surface area contributed by atoms with Gasteiger partial charge < -0.3 is 9.32 Å². The number of nitrogens with zero attached hydrogens (tertiary/aromatic N) is 4. The Morgan fingerprint density at radius 3 is 3.00 bits per heavy atom. The standard InChI is InChI=1S/C16H14N4O3/c21-15(19-7-5-12(10-19)20-8-6-17-18-20)13-9-11-3-1-2-4-14(11)23-16(13)22/h1-4,6,8-9,12H,5,7,10H2. The first kappa shape index (κ1) is 13.7. The molecule has 1 fully saturated rings. The first-order valence-corrected chi connectivity index (χ1v) is 7.40. The van der Waals surface area contributed by atoms with E-state index in [1.165, 1.54) is 0 Å². The highest BCUT2D eigenvalue weighted by molar-refractivity contribution is 5.96. The zero-order valence-corrected chi connectivity index (χ0v) is 12.3. The molecule has 1 aromatic carbocycles. The summed E-state index contributed by atoms with van der Waals surface area (Å²) in [5.74, 6) is -0.299. The Hall–Kier alpha value is -2.96. The zero-order valence-electron chi connectivity index (χ0n) is 12.3. The minimum absolute atomic E-state index is 0.0722. The number of hydrogen-bond acceptors (Lipinski definition) is 5. The average molecular weight is 310 g/mol. The van der Waals surface area contributed by atoms with Gasteiger partial charge in [0, 0.05) is 24.7 Å². The Labute approximate surface area is 131 Å². The third-order valence-corrected chi connectivity index (χ3v) is 4.14. The van der Waals surface area contributed by atoms with E-state index in [0.29, 0.717) is 18.7 Å². The summed E-state index contributed by atoms with van der Waals surface area (Å²) in [5.41, 5.74) is -0.0446. The molecule has 1 aliphatic heterocycles. The van der Waals surface area contributed by atoms with Crippen molar-refractivity contribution < 1.29 is 9.21 Å². The summed E-state index contributed by atoms with van der Waals surface area (Å²) in [6, 6.07) is 8.85. The van der Waals surface area contributed by atoms with Gasteiger partial charge in [0.25, 0.3) is 5.91 Å². The SMILES string of the molecule is O=C(c1cc2ccccc2oc1=O)N1CCC(n2ccnn2)C1. The van der Waals surface area contributed by atoms with E-state index in [4.69, 9.17) is 4.42 Å². The van der Waals surface area contributed by atoms with Crippen molar-refractivity contribution in [2.24, 2.45) is 0 Å². The van der Waals surface area contributed by atoms with E-state index in [-0.39, 0.29) is 17.5 Å². The van der Waals surface area contributed by atoms with Crippen molar-refractivity contribution in [1.82, 2.24) is 19.9 Å². The molecule has 1 unspecified atom stereocenters. The second-order valence-electron chi connectivity index (χ2n) is 5.56. The van der Waals surface area contributed by atoms with E-state index >= 15 is 0 Å². The molecule has 2 aromatic heterocycles. The number of carbonyl (C=O) groups excluding carboxylic acids is 1. The number of benzene rings is 1. The largest absolute Gasteiger partial charge is 0.422 e. The Balaban J connectivity index is 1.62. The molecule has 0 spiro atoms. The Morgan fingerprint density at radius 1 is 1.30 bits per heavy atom. The quantitative estimate of drug-likeness (QED) is 0.670. The van der Waals surface area contributed by atoms with Crippen molar-refractivity contribution in [3.63, 3.8) is 0 Å². The van der Waals surface area contributed by atoms with Crippen LogP contribution in [0.25, 0.3) is 11.0 Å². The fourth-order valence-electron chi connectivity index (χ4n) is 2.94. The Kier molecular flexibility index (Phi) is 3.18. The summed E-state index contributed by atoms with van der Waals surface area (Å²) >= 11 is 0. The van der Waals surface area contributed by atoms with Crippen molar-refractivity contribution in [1.29, 1.82) is 0 Å². The second kappa shape index (κ2) is 5.35. The smallest absolute Gasteiger partial charge is 0.349 e. The predicted molar refractivity (Wildman–Crippen MR) is 82.1 cm³/mol. The highest BCUT2D eigenvalue weighted by Gasteiger charge is 2.30. The van der Waals surface area contributed by atoms with Gasteiger partial charge in [-0.15, -0.1) is 5.10 Å². The number of hydrogen-bond donors (Lipinski definition) is 0.